The molecule has 0 saturated carbocycles. The van der Waals surface area contributed by atoms with Crippen molar-refractivity contribution in [2.45, 2.75) is 19.9 Å². The van der Waals surface area contributed by atoms with E-state index in [1.54, 1.807) is 0 Å². The van der Waals surface area contributed by atoms with Crippen LogP contribution in [0.2, 0.25) is 0 Å². The lowest BCUT2D eigenvalue weighted by molar-refractivity contribution is 0.244. The van der Waals surface area contributed by atoms with E-state index < -0.39 is 0 Å². The maximum Gasteiger partial charge on any atom is 0.319 e. The highest BCUT2D eigenvalue weighted by Gasteiger charge is 2.21. The first-order valence-electron chi connectivity index (χ1n) is 7.80. The Kier molecular flexibility index (Phi) is 4.46. The molecule has 3 aromatic rings. The fourth-order valence-corrected chi connectivity index (χ4v) is 2.51. The number of imidazole rings is 1. The molecule has 3 N–H and O–H groups in total. The number of carbonyl (C=O) groups is 1. The van der Waals surface area contributed by atoms with Gasteiger partial charge in [-0.15, -0.1) is 0 Å². The molecule has 2 amide bonds. The molecule has 0 spiro atoms. The molecule has 24 heavy (non-hydrogen) atoms. The Balaban J connectivity index is 1.76. The molecule has 1 aromatic heterocycles. The Hall–Kier alpha value is -2.89. The molecule has 0 aliphatic heterocycles. The number of amides is 2. The van der Waals surface area contributed by atoms with Crippen molar-refractivity contribution in [3.63, 3.8) is 0 Å². The zero-order valence-electron chi connectivity index (χ0n) is 13.5. The molecule has 0 bridgehead atoms. The first kappa shape index (κ1) is 16.0. The molecule has 5 nitrogen and oxygen atoms in total. The van der Waals surface area contributed by atoms with E-state index in [0.29, 0.717) is 11.5 Å². The van der Waals surface area contributed by atoms with Gasteiger partial charge in [0.05, 0.1) is 17.1 Å². The summed E-state index contributed by atoms with van der Waals surface area (Å²) in [6.07, 6.45) is 0. The Morgan fingerprint density at radius 3 is 2.50 bits per heavy atom. The first-order chi connectivity index (χ1) is 11.5. The number of rotatable bonds is 4. The first-order valence-corrected chi connectivity index (χ1v) is 7.80. The molecule has 0 aliphatic rings. The van der Waals surface area contributed by atoms with Crippen LogP contribution in [-0.4, -0.2) is 16.0 Å². The van der Waals surface area contributed by atoms with Crippen molar-refractivity contribution < 1.29 is 9.18 Å². The number of fused-ring (bicyclic) bond motifs is 1. The van der Waals surface area contributed by atoms with Gasteiger partial charge < -0.3 is 15.6 Å². The number of nitrogens with zero attached hydrogens (tertiary/aromatic N) is 1. The minimum absolute atomic E-state index is 0.143. The molecule has 1 unspecified atom stereocenters. The van der Waals surface area contributed by atoms with Crippen molar-refractivity contribution in [2.24, 2.45) is 5.92 Å². The summed E-state index contributed by atoms with van der Waals surface area (Å²) < 4.78 is 12.9. The summed E-state index contributed by atoms with van der Waals surface area (Å²) >= 11 is 0. The van der Waals surface area contributed by atoms with Gasteiger partial charge in [0.2, 0.25) is 0 Å². The summed E-state index contributed by atoms with van der Waals surface area (Å²) in [5, 5.41) is 5.62. The van der Waals surface area contributed by atoms with Crippen molar-refractivity contribution >= 4 is 22.8 Å². The predicted octanol–water partition coefficient (Wildman–Crippen LogP) is 4.22. The number of benzene rings is 2. The second-order valence-electron chi connectivity index (χ2n) is 5.97. The standard InChI is InChI=1S/C18H19FN4O/c1-11(2)16(17-21-14-5-3-4-6-15(14)22-17)23-18(24)20-13-9-7-12(19)8-10-13/h3-11,16H,1-2H3,(H,21,22)(H2,20,23,24). The highest BCUT2D eigenvalue weighted by atomic mass is 19.1. The van der Waals surface area contributed by atoms with Crippen molar-refractivity contribution in [2.75, 3.05) is 5.32 Å². The Labute approximate surface area is 139 Å². The molecule has 0 aliphatic carbocycles. The largest absolute Gasteiger partial charge is 0.340 e. The molecule has 0 radical (unpaired) electrons. The third kappa shape index (κ3) is 3.53. The smallest absolute Gasteiger partial charge is 0.319 e. The number of carbonyl (C=O) groups excluding carboxylic acids is 1. The molecule has 1 heterocycles. The summed E-state index contributed by atoms with van der Waals surface area (Å²) in [4.78, 5) is 20.1. The molecule has 0 fully saturated rings. The lowest BCUT2D eigenvalue weighted by Gasteiger charge is -2.20. The molecular formula is C18H19FN4O. The van der Waals surface area contributed by atoms with Gasteiger partial charge in [0, 0.05) is 5.69 Å². The lowest BCUT2D eigenvalue weighted by Crippen LogP contribution is -2.35. The van der Waals surface area contributed by atoms with Crippen LogP contribution in [-0.2, 0) is 0 Å². The van der Waals surface area contributed by atoms with Gasteiger partial charge >= 0.3 is 6.03 Å². The van der Waals surface area contributed by atoms with Crippen molar-refractivity contribution in [1.82, 2.24) is 15.3 Å². The van der Waals surface area contributed by atoms with Crippen LogP contribution in [0.15, 0.2) is 48.5 Å². The average Bonchev–Trinajstić information content (AvgIpc) is 2.98. The number of anilines is 1. The zero-order valence-corrected chi connectivity index (χ0v) is 13.5. The second kappa shape index (κ2) is 6.70. The monoisotopic (exact) mass is 326 g/mol. The van der Waals surface area contributed by atoms with E-state index in [9.17, 15) is 9.18 Å². The van der Waals surface area contributed by atoms with E-state index in [1.165, 1.54) is 24.3 Å². The number of urea groups is 1. The molecule has 2 aromatic carbocycles. The van der Waals surface area contributed by atoms with Crippen LogP contribution in [0.4, 0.5) is 14.9 Å². The number of nitrogens with one attached hydrogen (secondary N) is 3. The van der Waals surface area contributed by atoms with Crippen LogP contribution in [0.3, 0.4) is 0 Å². The number of hydrogen-bond donors (Lipinski definition) is 3. The predicted molar refractivity (Wildman–Crippen MR) is 92.2 cm³/mol. The highest BCUT2D eigenvalue weighted by Crippen LogP contribution is 2.22. The second-order valence-corrected chi connectivity index (χ2v) is 5.97. The normalized spacial score (nSPS) is 12.3. The third-order valence-electron chi connectivity index (χ3n) is 3.76. The Morgan fingerprint density at radius 1 is 1.12 bits per heavy atom. The number of para-hydroxylation sites is 2. The molecule has 1 atom stereocenters. The number of halogens is 1. The molecular weight excluding hydrogens is 307 g/mol. The van der Waals surface area contributed by atoms with Gasteiger partial charge in [-0.25, -0.2) is 14.2 Å². The van der Waals surface area contributed by atoms with Crippen LogP contribution < -0.4 is 10.6 Å². The molecule has 124 valence electrons. The quantitative estimate of drug-likeness (QED) is 0.672. The average molecular weight is 326 g/mol. The summed E-state index contributed by atoms with van der Waals surface area (Å²) in [6.45, 7) is 4.02. The summed E-state index contributed by atoms with van der Waals surface area (Å²) in [7, 11) is 0. The lowest BCUT2D eigenvalue weighted by atomic mass is 10.0. The van der Waals surface area contributed by atoms with E-state index in [2.05, 4.69) is 20.6 Å². The van der Waals surface area contributed by atoms with E-state index in [0.717, 1.165) is 11.0 Å². The Bertz CT molecular complexity index is 809. The highest BCUT2D eigenvalue weighted by molar-refractivity contribution is 5.89. The van der Waals surface area contributed by atoms with Gasteiger partial charge in [-0.3, -0.25) is 0 Å². The maximum absolute atomic E-state index is 12.9. The maximum atomic E-state index is 12.9. The molecule has 6 heteroatoms. The minimum Gasteiger partial charge on any atom is -0.340 e. The van der Waals surface area contributed by atoms with Gasteiger partial charge in [-0.2, -0.15) is 0 Å². The Morgan fingerprint density at radius 2 is 1.83 bits per heavy atom. The van der Waals surface area contributed by atoms with Gasteiger partial charge in [0.1, 0.15) is 11.6 Å². The number of hydrogen-bond acceptors (Lipinski definition) is 2. The van der Waals surface area contributed by atoms with Gasteiger partial charge in [0.25, 0.3) is 0 Å². The molecule has 3 rings (SSSR count). The number of aromatic nitrogens is 2. The van der Waals surface area contributed by atoms with Crippen LogP contribution in [0, 0.1) is 11.7 Å². The summed E-state index contributed by atoms with van der Waals surface area (Å²) in [5.74, 6) is 0.508. The molecule has 0 saturated heterocycles. The van der Waals surface area contributed by atoms with Crippen LogP contribution in [0.5, 0.6) is 0 Å². The SMILES string of the molecule is CC(C)C(NC(=O)Nc1ccc(F)cc1)c1nc2ccccc2[nH]1. The summed E-state index contributed by atoms with van der Waals surface area (Å²) in [6, 6.07) is 12.7. The fraction of sp³-hybridized carbons (Fsp3) is 0.222. The van der Waals surface area contributed by atoms with E-state index in [-0.39, 0.29) is 23.8 Å². The van der Waals surface area contributed by atoms with Crippen LogP contribution in [0.25, 0.3) is 11.0 Å². The van der Waals surface area contributed by atoms with Crippen molar-refractivity contribution in [3.05, 3.63) is 60.2 Å². The van der Waals surface area contributed by atoms with Crippen molar-refractivity contribution in [1.29, 1.82) is 0 Å². The van der Waals surface area contributed by atoms with E-state index in [4.69, 9.17) is 0 Å². The van der Waals surface area contributed by atoms with Crippen molar-refractivity contribution in [3.8, 4) is 0 Å². The van der Waals surface area contributed by atoms with Gasteiger partial charge in [-0.1, -0.05) is 26.0 Å². The zero-order chi connectivity index (χ0) is 17.1. The van der Waals surface area contributed by atoms with E-state index in [1.807, 2.05) is 38.1 Å². The van der Waals surface area contributed by atoms with Crippen LogP contribution >= 0.6 is 0 Å². The van der Waals surface area contributed by atoms with Crippen LogP contribution in [0.1, 0.15) is 25.7 Å². The fourth-order valence-electron chi connectivity index (χ4n) is 2.51. The number of H-pyrrole nitrogens is 1. The summed E-state index contributed by atoms with van der Waals surface area (Å²) in [5.41, 5.74) is 2.32. The number of aromatic amines is 1. The minimum atomic E-state index is -0.360. The third-order valence-corrected chi connectivity index (χ3v) is 3.76. The van der Waals surface area contributed by atoms with Gasteiger partial charge in [0.15, 0.2) is 0 Å². The van der Waals surface area contributed by atoms with Gasteiger partial charge in [-0.05, 0) is 42.3 Å². The van der Waals surface area contributed by atoms with E-state index >= 15 is 0 Å². The topological polar surface area (TPSA) is 69.8 Å².